The minimum Gasteiger partial charge on any atom is -0.348 e. The van der Waals surface area contributed by atoms with Crippen molar-refractivity contribution in [3.8, 4) is 0 Å². The third kappa shape index (κ3) is 6.42. The minimum atomic E-state index is 0.322. The molecule has 0 fully saturated rings. The van der Waals surface area contributed by atoms with E-state index < -0.39 is 0 Å². The van der Waals surface area contributed by atoms with Crippen LogP contribution in [0.2, 0.25) is 0 Å². The van der Waals surface area contributed by atoms with E-state index in [-0.39, 0.29) is 0 Å². The molecule has 0 N–H and O–H groups in total. The van der Waals surface area contributed by atoms with Crippen molar-refractivity contribution in [2.24, 2.45) is 5.41 Å². The Morgan fingerprint density at radius 1 is 1.11 bits per heavy atom. The van der Waals surface area contributed by atoms with Crippen LogP contribution < -0.4 is 4.90 Å². The second kappa shape index (κ2) is 7.88. The van der Waals surface area contributed by atoms with Gasteiger partial charge in [-0.2, -0.15) is 0 Å². The Hall–Kier alpha value is -0.570. The predicted molar refractivity (Wildman–Crippen MR) is 87.3 cm³/mol. The quantitative estimate of drug-likeness (QED) is 0.656. The van der Waals surface area contributed by atoms with E-state index in [9.17, 15) is 0 Å². The molecule has 3 heteroatoms. The number of thiazole rings is 1. The number of rotatable bonds is 8. The molecule has 0 aliphatic carbocycles. The molecule has 0 amide bonds. The van der Waals surface area contributed by atoms with E-state index in [0.29, 0.717) is 5.41 Å². The average molecular weight is 282 g/mol. The van der Waals surface area contributed by atoms with E-state index in [0.717, 1.165) is 19.5 Å². The second-order valence-electron chi connectivity index (χ2n) is 6.55. The van der Waals surface area contributed by atoms with E-state index in [2.05, 4.69) is 44.9 Å². The summed E-state index contributed by atoms with van der Waals surface area (Å²) in [6.07, 6.45) is 6.10. The molecule has 0 aromatic carbocycles. The fourth-order valence-corrected chi connectivity index (χ4v) is 2.95. The van der Waals surface area contributed by atoms with Gasteiger partial charge in [-0.3, -0.25) is 0 Å². The van der Waals surface area contributed by atoms with Gasteiger partial charge in [0.1, 0.15) is 0 Å². The van der Waals surface area contributed by atoms with Gasteiger partial charge in [-0.15, -0.1) is 11.3 Å². The molecule has 0 saturated heterocycles. The summed E-state index contributed by atoms with van der Waals surface area (Å²) in [5.41, 5.74) is 1.58. The van der Waals surface area contributed by atoms with Gasteiger partial charge in [-0.05, 0) is 24.7 Å². The normalized spacial score (nSPS) is 11.8. The highest BCUT2D eigenvalue weighted by atomic mass is 32.1. The Morgan fingerprint density at radius 3 is 2.16 bits per heavy atom. The van der Waals surface area contributed by atoms with Crippen molar-refractivity contribution < 1.29 is 0 Å². The van der Waals surface area contributed by atoms with Crippen molar-refractivity contribution in [1.29, 1.82) is 0 Å². The van der Waals surface area contributed by atoms with Crippen LogP contribution in [0.3, 0.4) is 0 Å². The van der Waals surface area contributed by atoms with E-state index >= 15 is 0 Å². The van der Waals surface area contributed by atoms with E-state index in [1.54, 1.807) is 0 Å². The summed E-state index contributed by atoms with van der Waals surface area (Å²) < 4.78 is 0. The highest BCUT2D eigenvalue weighted by molar-refractivity contribution is 7.13. The molecule has 110 valence electrons. The number of anilines is 1. The Balaban J connectivity index is 2.67. The third-order valence-corrected chi connectivity index (χ3v) is 4.03. The molecular weight excluding hydrogens is 252 g/mol. The smallest absolute Gasteiger partial charge is 0.185 e. The Labute approximate surface area is 123 Å². The lowest BCUT2D eigenvalue weighted by Gasteiger charge is -2.21. The second-order valence-corrected chi connectivity index (χ2v) is 7.39. The van der Waals surface area contributed by atoms with Crippen LogP contribution in [0.25, 0.3) is 0 Å². The molecule has 0 aliphatic rings. The van der Waals surface area contributed by atoms with Gasteiger partial charge in [0.05, 0.1) is 5.69 Å². The molecule has 1 heterocycles. The van der Waals surface area contributed by atoms with Crippen molar-refractivity contribution in [1.82, 2.24) is 4.98 Å². The summed E-state index contributed by atoms with van der Waals surface area (Å²) in [5, 5.41) is 3.46. The molecule has 0 aliphatic heterocycles. The molecule has 1 rings (SSSR count). The lowest BCUT2D eigenvalue weighted by Crippen LogP contribution is -2.25. The van der Waals surface area contributed by atoms with Crippen LogP contribution in [-0.2, 0) is 6.42 Å². The van der Waals surface area contributed by atoms with Gasteiger partial charge in [-0.1, -0.05) is 47.5 Å². The standard InChI is InChI=1S/C16H30N2S/c1-6-8-10-18(11-9-7-2)15-17-14(13-19-15)12-16(3,4)5/h13H,6-12H2,1-5H3. The van der Waals surface area contributed by atoms with Gasteiger partial charge in [0.25, 0.3) is 0 Å². The summed E-state index contributed by atoms with van der Waals surface area (Å²) in [4.78, 5) is 7.32. The van der Waals surface area contributed by atoms with Crippen LogP contribution in [0.15, 0.2) is 5.38 Å². The highest BCUT2D eigenvalue weighted by Crippen LogP contribution is 2.26. The van der Waals surface area contributed by atoms with Crippen molar-refractivity contribution in [3.05, 3.63) is 11.1 Å². The Kier molecular flexibility index (Phi) is 6.84. The number of unbranched alkanes of at least 4 members (excludes halogenated alkanes) is 2. The first kappa shape index (κ1) is 16.5. The van der Waals surface area contributed by atoms with Crippen molar-refractivity contribution in [2.75, 3.05) is 18.0 Å². The maximum Gasteiger partial charge on any atom is 0.185 e. The number of aromatic nitrogens is 1. The molecule has 19 heavy (non-hydrogen) atoms. The van der Waals surface area contributed by atoms with Gasteiger partial charge in [0, 0.05) is 18.5 Å². The number of hydrogen-bond acceptors (Lipinski definition) is 3. The molecular formula is C16H30N2S. The zero-order valence-corrected chi connectivity index (χ0v) is 14.1. The summed E-state index contributed by atoms with van der Waals surface area (Å²) in [7, 11) is 0. The minimum absolute atomic E-state index is 0.322. The topological polar surface area (TPSA) is 16.1 Å². The summed E-state index contributed by atoms with van der Waals surface area (Å²) in [6, 6.07) is 0. The monoisotopic (exact) mass is 282 g/mol. The maximum atomic E-state index is 4.85. The molecule has 0 atom stereocenters. The van der Waals surface area contributed by atoms with Gasteiger partial charge in [0.15, 0.2) is 5.13 Å². The Bertz CT molecular complexity index is 344. The van der Waals surface area contributed by atoms with E-state index in [4.69, 9.17) is 4.98 Å². The van der Waals surface area contributed by atoms with Crippen LogP contribution in [0.1, 0.15) is 66.0 Å². The summed E-state index contributed by atoms with van der Waals surface area (Å²) >= 11 is 1.81. The molecule has 1 aromatic rings. The van der Waals surface area contributed by atoms with Gasteiger partial charge in [0.2, 0.25) is 0 Å². The molecule has 0 saturated carbocycles. The summed E-state index contributed by atoms with van der Waals surface area (Å²) in [5.74, 6) is 0. The number of nitrogens with zero attached hydrogens (tertiary/aromatic N) is 2. The van der Waals surface area contributed by atoms with E-state index in [1.165, 1.54) is 36.5 Å². The molecule has 2 nitrogen and oxygen atoms in total. The zero-order chi connectivity index (χ0) is 14.3. The molecule has 0 radical (unpaired) electrons. The first-order valence-electron chi connectivity index (χ1n) is 7.65. The predicted octanol–water partition coefficient (Wildman–Crippen LogP) is 5.14. The largest absolute Gasteiger partial charge is 0.348 e. The Morgan fingerprint density at radius 2 is 1.68 bits per heavy atom. The van der Waals surface area contributed by atoms with Gasteiger partial charge >= 0.3 is 0 Å². The van der Waals surface area contributed by atoms with Crippen LogP contribution in [0, 0.1) is 5.41 Å². The molecule has 0 spiro atoms. The number of hydrogen-bond donors (Lipinski definition) is 0. The average Bonchev–Trinajstić information content (AvgIpc) is 2.75. The van der Waals surface area contributed by atoms with Crippen molar-refractivity contribution >= 4 is 16.5 Å². The SMILES string of the molecule is CCCCN(CCCC)c1nc(CC(C)(C)C)cs1. The van der Waals surface area contributed by atoms with E-state index in [1.807, 2.05) is 11.3 Å². The molecule has 1 aromatic heterocycles. The molecule has 0 bridgehead atoms. The van der Waals surface area contributed by atoms with Crippen molar-refractivity contribution in [2.45, 2.75) is 66.7 Å². The lowest BCUT2D eigenvalue weighted by atomic mass is 9.91. The van der Waals surface area contributed by atoms with Gasteiger partial charge in [-0.25, -0.2) is 4.98 Å². The zero-order valence-electron chi connectivity index (χ0n) is 13.3. The first-order valence-corrected chi connectivity index (χ1v) is 8.53. The third-order valence-electron chi connectivity index (χ3n) is 3.08. The summed E-state index contributed by atoms with van der Waals surface area (Å²) in [6.45, 7) is 13.6. The van der Waals surface area contributed by atoms with Crippen LogP contribution in [0.5, 0.6) is 0 Å². The maximum absolute atomic E-state index is 4.85. The lowest BCUT2D eigenvalue weighted by molar-refractivity contribution is 0.407. The van der Waals surface area contributed by atoms with Gasteiger partial charge < -0.3 is 4.90 Å². The fourth-order valence-electron chi connectivity index (χ4n) is 2.07. The van der Waals surface area contributed by atoms with Crippen LogP contribution >= 0.6 is 11.3 Å². The van der Waals surface area contributed by atoms with Crippen molar-refractivity contribution in [3.63, 3.8) is 0 Å². The molecule has 0 unspecified atom stereocenters. The van der Waals surface area contributed by atoms with Crippen LogP contribution in [-0.4, -0.2) is 18.1 Å². The fraction of sp³-hybridized carbons (Fsp3) is 0.812. The van der Waals surface area contributed by atoms with Crippen LogP contribution in [0.4, 0.5) is 5.13 Å². The highest BCUT2D eigenvalue weighted by Gasteiger charge is 2.16. The first-order chi connectivity index (χ1) is 8.96.